The fraction of sp³-hybridized carbons (Fsp3) is 0.214. The van der Waals surface area contributed by atoms with Crippen molar-refractivity contribution in [1.82, 2.24) is 4.57 Å². The van der Waals surface area contributed by atoms with Crippen molar-refractivity contribution in [2.24, 2.45) is 0 Å². The molecule has 0 aliphatic rings. The normalized spacial score (nSPS) is 11.9. The van der Waals surface area contributed by atoms with Crippen LogP contribution in [0.3, 0.4) is 0 Å². The second-order valence-electron chi connectivity index (χ2n) is 8.17. The molecule has 3 aromatic carbocycles. The standard InChI is InChI=1S/C28H30N2O/c1-23-10-6-7-14-26(23)21-30-17-9-15-27(30)22-29(19-24-11-4-3-5-12-24)20-25-13-8-16-28(18-25)31-2/h3-18H,19-22H2,1-2H3/p+1. The van der Waals surface area contributed by atoms with Crippen molar-refractivity contribution < 1.29 is 9.64 Å². The van der Waals surface area contributed by atoms with E-state index in [1.54, 1.807) is 7.11 Å². The van der Waals surface area contributed by atoms with Crippen LogP contribution in [0, 0.1) is 6.92 Å². The molecule has 3 nitrogen and oxygen atoms in total. The molecule has 1 atom stereocenters. The molecule has 158 valence electrons. The van der Waals surface area contributed by atoms with E-state index in [4.69, 9.17) is 4.74 Å². The van der Waals surface area contributed by atoms with E-state index in [1.165, 1.54) is 32.8 Å². The van der Waals surface area contributed by atoms with E-state index in [2.05, 4.69) is 103 Å². The van der Waals surface area contributed by atoms with Gasteiger partial charge in [0.05, 0.1) is 12.8 Å². The summed E-state index contributed by atoms with van der Waals surface area (Å²) in [7, 11) is 1.73. The third-order valence-electron chi connectivity index (χ3n) is 5.84. The number of aryl methyl sites for hydroxylation is 1. The number of quaternary nitrogens is 1. The van der Waals surface area contributed by atoms with Gasteiger partial charge < -0.3 is 14.2 Å². The zero-order valence-corrected chi connectivity index (χ0v) is 18.4. The van der Waals surface area contributed by atoms with Crippen molar-refractivity contribution in [3.63, 3.8) is 0 Å². The average molecular weight is 412 g/mol. The lowest BCUT2D eigenvalue weighted by Gasteiger charge is -2.21. The Morgan fingerprint density at radius 1 is 0.742 bits per heavy atom. The first kappa shape index (κ1) is 21.0. The Morgan fingerprint density at radius 3 is 2.29 bits per heavy atom. The summed E-state index contributed by atoms with van der Waals surface area (Å²) in [6.07, 6.45) is 2.20. The molecule has 4 rings (SSSR count). The number of hydrogen-bond acceptors (Lipinski definition) is 1. The van der Waals surface area contributed by atoms with Gasteiger partial charge in [0.25, 0.3) is 0 Å². The lowest BCUT2D eigenvalue weighted by Crippen LogP contribution is -3.08. The van der Waals surface area contributed by atoms with Gasteiger partial charge in [-0.2, -0.15) is 0 Å². The summed E-state index contributed by atoms with van der Waals surface area (Å²) in [4.78, 5) is 1.50. The van der Waals surface area contributed by atoms with E-state index in [1.807, 2.05) is 6.07 Å². The molecule has 1 heterocycles. The zero-order valence-electron chi connectivity index (χ0n) is 18.4. The van der Waals surface area contributed by atoms with Gasteiger partial charge in [-0.25, -0.2) is 0 Å². The highest BCUT2D eigenvalue weighted by atomic mass is 16.5. The molecule has 3 heteroatoms. The van der Waals surface area contributed by atoms with Crippen LogP contribution in [0.2, 0.25) is 0 Å². The number of benzene rings is 3. The molecule has 1 unspecified atom stereocenters. The molecule has 0 radical (unpaired) electrons. The summed E-state index contributed by atoms with van der Waals surface area (Å²) in [6.45, 7) is 5.99. The number of nitrogens with one attached hydrogen (secondary N) is 1. The number of ether oxygens (including phenoxy) is 1. The molecule has 1 N–H and O–H groups in total. The second kappa shape index (κ2) is 10.1. The van der Waals surface area contributed by atoms with Gasteiger partial charge in [-0.3, -0.25) is 0 Å². The Hall–Kier alpha value is -3.30. The minimum absolute atomic E-state index is 0.910. The Labute approximate surface area is 185 Å². The van der Waals surface area contributed by atoms with Crippen molar-refractivity contribution in [3.8, 4) is 5.75 Å². The van der Waals surface area contributed by atoms with Crippen LogP contribution < -0.4 is 9.64 Å². The molecule has 31 heavy (non-hydrogen) atoms. The summed E-state index contributed by atoms with van der Waals surface area (Å²) in [5.74, 6) is 0.916. The Morgan fingerprint density at radius 2 is 1.48 bits per heavy atom. The van der Waals surface area contributed by atoms with Crippen LogP contribution in [-0.4, -0.2) is 11.7 Å². The van der Waals surface area contributed by atoms with Crippen molar-refractivity contribution in [2.75, 3.05) is 7.11 Å². The number of hydrogen-bond donors (Lipinski definition) is 1. The molecule has 4 aromatic rings. The summed E-state index contributed by atoms with van der Waals surface area (Å²) in [5, 5.41) is 0. The maximum absolute atomic E-state index is 5.44. The van der Waals surface area contributed by atoms with E-state index >= 15 is 0 Å². The van der Waals surface area contributed by atoms with Crippen LogP contribution in [0.4, 0.5) is 0 Å². The Bertz CT molecular complexity index is 1100. The van der Waals surface area contributed by atoms with Gasteiger partial charge in [-0.1, -0.05) is 66.7 Å². The molecule has 0 aliphatic carbocycles. The molecular formula is C28H31N2O+. The number of methoxy groups -OCH3 is 1. The van der Waals surface area contributed by atoms with E-state index in [-0.39, 0.29) is 0 Å². The second-order valence-corrected chi connectivity index (χ2v) is 8.17. The predicted molar refractivity (Wildman–Crippen MR) is 126 cm³/mol. The monoisotopic (exact) mass is 411 g/mol. The quantitative estimate of drug-likeness (QED) is 0.425. The lowest BCUT2D eigenvalue weighted by atomic mass is 10.1. The maximum Gasteiger partial charge on any atom is 0.119 e. The van der Waals surface area contributed by atoms with Gasteiger partial charge in [0.1, 0.15) is 25.4 Å². The van der Waals surface area contributed by atoms with Crippen LogP contribution in [-0.2, 0) is 26.2 Å². The number of rotatable bonds is 9. The van der Waals surface area contributed by atoms with Crippen LogP contribution in [0.25, 0.3) is 0 Å². The zero-order chi connectivity index (χ0) is 21.5. The Balaban J connectivity index is 1.56. The minimum Gasteiger partial charge on any atom is -0.497 e. The van der Waals surface area contributed by atoms with Gasteiger partial charge in [0.2, 0.25) is 0 Å². The lowest BCUT2D eigenvalue weighted by molar-refractivity contribution is -0.941. The summed E-state index contributed by atoms with van der Waals surface area (Å²) in [6, 6.07) is 32.3. The van der Waals surface area contributed by atoms with E-state index in [9.17, 15) is 0 Å². The smallest absolute Gasteiger partial charge is 0.119 e. The van der Waals surface area contributed by atoms with Crippen molar-refractivity contribution >= 4 is 0 Å². The summed E-state index contributed by atoms with van der Waals surface area (Å²) < 4.78 is 7.83. The van der Waals surface area contributed by atoms with E-state index in [0.717, 1.165) is 31.9 Å². The molecule has 0 aliphatic heterocycles. The first-order valence-corrected chi connectivity index (χ1v) is 10.9. The molecule has 1 aromatic heterocycles. The summed E-state index contributed by atoms with van der Waals surface area (Å²) in [5.41, 5.74) is 6.72. The van der Waals surface area contributed by atoms with Gasteiger partial charge in [-0.05, 0) is 42.3 Å². The van der Waals surface area contributed by atoms with Crippen molar-refractivity contribution in [3.05, 3.63) is 125 Å². The third-order valence-corrected chi connectivity index (χ3v) is 5.84. The largest absolute Gasteiger partial charge is 0.497 e. The molecular weight excluding hydrogens is 380 g/mol. The summed E-state index contributed by atoms with van der Waals surface area (Å²) >= 11 is 0. The molecule has 0 amide bonds. The van der Waals surface area contributed by atoms with E-state index in [0.29, 0.717) is 0 Å². The predicted octanol–water partition coefficient (Wildman–Crippen LogP) is 4.64. The van der Waals surface area contributed by atoms with Gasteiger partial charge in [0, 0.05) is 23.9 Å². The first-order valence-electron chi connectivity index (χ1n) is 10.9. The van der Waals surface area contributed by atoms with Crippen LogP contribution >= 0.6 is 0 Å². The topological polar surface area (TPSA) is 18.6 Å². The molecule has 0 fully saturated rings. The van der Waals surface area contributed by atoms with E-state index < -0.39 is 0 Å². The Kier molecular flexibility index (Phi) is 6.85. The van der Waals surface area contributed by atoms with Gasteiger partial charge in [-0.15, -0.1) is 0 Å². The maximum atomic E-state index is 5.44. The molecule has 0 saturated heterocycles. The third kappa shape index (κ3) is 5.65. The first-order chi connectivity index (χ1) is 15.2. The minimum atomic E-state index is 0.910. The molecule has 0 saturated carbocycles. The fourth-order valence-electron chi connectivity index (χ4n) is 4.13. The van der Waals surface area contributed by atoms with Gasteiger partial charge >= 0.3 is 0 Å². The van der Waals surface area contributed by atoms with Crippen LogP contribution in [0.5, 0.6) is 5.75 Å². The van der Waals surface area contributed by atoms with Gasteiger partial charge in [0.15, 0.2) is 0 Å². The molecule has 0 bridgehead atoms. The van der Waals surface area contributed by atoms with Crippen molar-refractivity contribution in [1.29, 1.82) is 0 Å². The SMILES string of the molecule is COc1cccc(C[NH+](Cc2ccccc2)Cc2cccn2Cc2ccccc2C)c1. The number of nitrogens with zero attached hydrogens (tertiary/aromatic N) is 1. The van der Waals surface area contributed by atoms with Crippen molar-refractivity contribution in [2.45, 2.75) is 33.1 Å². The van der Waals surface area contributed by atoms with Crippen LogP contribution in [0.15, 0.2) is 97.2 Å². The number of aromatic nitrogens is 1. The molecule has 0 spiro atoms. The highest BCUT2D eigenvalue weighted by Gasteiger charge is 2.15. The van der Waals surface area contributed by atoms with Crippen LogP contribution in [0.1, 0.15) is 27.9 Å². The highest BCUT2D eigenvalue weighted by molar-refractivity contribution is 5.28. The fourth-order valence-corrected chi connectivity index (χ4v) is 4.13. The highest BCUT2D eigenvalue weighted by Crippen LogP contribution is 2.13. The average Bonchev–Trinajstić information content (AvgIpc) is 3.22.